The third kappa shape index (κ3) is 3.68. The van der Waals surface area contributed by atoms with Crippen LogP contribution in [0.4, 0.5) is 10.5 Å². The molecule has 1 heterocycles. The number of amides is 4. The lowest BCUT2D eigenvalue weighted by atomic mass is 9.91. The number of hydrogen-bond donors (Lipinski definition) is 1. The molecule has 4 amide bonds. The van der Waals surface area contributed by atoms with Gasteiger partial charge in [-0.1, -0.05) is 24.3 Å². The Hall–Kier alpha value is -3.55. The summed E-state index contributed by atoms with van der Waals surface area (Å²) in [5.74, 6) is 0.102. The number of urea groups is 1. The molecule has 0 unspecified atom stereocenters. The third-order valence-corrected chi connectivity index (χ3v) is 5.21. The van der Waals surface area contributed by atoms with Crippen molar-refractivity contribution in [3.8, 4) is 11.5 Å². The van der Waals surface area contributed by atoms with Crippen LogP contribution < -0.4 is 19.7 Å². The smallest absolute Gasteiger partial charge is 0.325 e. The first-order chi connectivity index (χ1) is 14.3. The van der Waals surface area contributed by atoms with Crippen molar-refractivity contribution in [1.29, 1.82) is 0 Å². The van der Waals surface area contributed by atoms with Crippen molar-refractivity contribution < 1.29 is 23.9 Å². The molecule has 1 N–H and O–H groups in total. The largest absolute Gasteiger partial charge is 0.493 e. The summed E-state index contributed by atoms with van der Waals surface area (Å²) in [7, 11) is 3.01. The van der Waals surface area contributed by atoms with Gasteiger partial charge in [0.2, 0.25) is 5.91 Å². The second kappa shape index (κ2) is 8.44. The minimum atomic E-state index is -1.32. The second-order valence-electron chi connectivity index (χ2n) is 6.99. The minimum absolute atomic E-state index is 0.344. The lowest BCUT2D eigenvalue weighted by Gasteiger charge is -2.25. The maximum Gasteiger partial charge on any atom is 0.325 e. The number of nitrogens with zero attached hydrogens (tertiary/aromatic N) is 2. The van der Waals surface area contributed by atoms with E-state index in [1.807, 2.05) is 25.1 Å². The zero-order valence-corrected chi connectivity index (χ0v) is 17.5. The Morgan fingerprint density at radius 3 is 2.33 bits per heavy atom. The maximum atomic E-state index is 13.2. The van der Waals surface area contributed by atoms with Gasteiger partial charge in [-0.05, 0) is 43.7 Å². The van der Waals surface area contributed by atoms with E-state index in [1.54, 1.807) is 37.3 Å². The molecule has 0 bridgehead atoms. The molecule has 0 spiro atoms. The summed E-state index contributed by atoms with van der Waals surface area (Å²) in [6.45, 7) is 3.51. The molecule has 0 radical (unpaired) electrons. The second-order valence-corrected chi connectivity index (χ2v) is 6.99. The van der Waals surface area contributed by atoms with Gasteiger partial charge in [0.05, 0.1) is 14.2 Å². The number of ether oxygens (including phenoxy) is 2. The van der Waals surface area contributed by atoms with Gasteiger partial charge in [-0.2, -0.15) is 0 Å². The Morgan fingerprint density at radius 2 is 1.73 bits per heavy atom. The number of carbonyl (C=O) groups is 3. The van der Waals surface area contributed by atoms with Crippen molar-refractivity contribution in [2.75, 3.05) is 32.2 Å². The van der Waals surface area contributed by atoms with Gasteiger partial charge in [0.25, 0.3) is 5.91 Å². The molecule has 1 saturated heterocycles. The van der Waals surface area contributed by atoms with E-state index in [2.05, 4.69) is 5.32 Å². The number of nitrogens with one attached hydrogen (secondary N) is 1. The first-order valence-electron chi connectivity index (χ1n) is 9.57. The average Bonchev–Trinajstić information content (AvgIpc) is 2.98. The third-order valence-electron chi connectivity index (χ3n) is 5.21. The highest BCUT2D eigenvalue weighted by Crippen LogP contribution is 2.35. The van der Waals surface area contributed by atoms with Gasteiger partial charge in [0.15, 0.2) is 11.5 Å². The Morgan fingerprint density at radius 1 is 1.07 bits per heavy atom. The van der Waals surface area contributed by atoms with Crippen molar-refractivity contribution >= 4 is 23.5 Å². The summed E-state index contributed by atoms with van der Waals surface area (Å²) in [6.07, 6.45) is 0. The monoisotopic (exact) mass is 411 g/mol. The van der Waals surface area contributed by atoms with Crippen molar-refractivity contribution in [2.24, 2.45) is 0 Å². The lowest BCUT2D eigenvalue weighted by Crippen LogP contribution is -2.44. The Bertz CT molecular complexity index is 963. The maximum absolute atomic E-state index is 13.2. The number of benzene rings is 2. The molecule has 3 rings (SSSR count). The molecule has 1 atom stereocenters. The van der Waals surface area contributed by atoms with Crippen LogP contribution in [0, 0.1) is 0 Å². The molecule has 0 aromatic heterocycles. The van der Waals surface area contributed by atoms with Crippen LogP contribution in [-0.2, 0) is 15.1 Å². The van der Waals surface area contributed by atoms with Gasteiger partial charge < -0.3 is 19.7 Å². The number of carbonyl (C=O) groups excluding carboxylic acids is 3. The molecular formula is C22H25N3O5. The standard InChI is InChI=1S/C22H25N3O5/c1-5-24(16-9-7-6-8-10-16)19(26)14-25-20(27)22(2,23-21(25)28)15-11-12-17(29-3)18(13-15)30-4/h6-13H,5,14H2,1-4H3,(H,23,28)/t22-/m1/s1. The molecule has 1 aliphatic rings. The van der Waals surface area contributed by atoms with Crippen LogP contribution >= 0.6 is 0 Å². The van der Waals surface area contributed by atoms with Crippen LogP contribution in [0.1, 0.15) is 19.4 Å². The molecule has 8 nitrogen and oxygen atoms in total. The summed E-state index contributed by atoms with van der Waals surface area (Å²) in [6, 6.07) is 13.5. The van der Waals surface area contributed by atoms with Crippen LogP contribution in [0.5, 0.6) is 11.5 Å². The molecule has 30 heavy (non-hydrogen) atoms. The van der Waals surface area contributed by atoms with Crippen LogP contribution in [0.25, 0.3) is 0 Å². The lowest BCUT2D eigenvalue weighted by molar-refractivity contribution is -0.134. The van der Waals surface area contributed by atoms with E-state index >= 15 is 0 Å². The Kier molecular flexibility index (Phi) is 5.96. The van der Waals surface area contributed by atoms with Gasteiger partial charge >= 0.3 is 6.03 Å². The first kappa shape index (κ1) is 21.2. The highest BCUT2D eigenvalue weighted by molar-refractivity contribution is 6.10. The molecular weight excluding hydrogens is 386 g/mol. The summed E-state index contributed by atoms with van der Waals surface area (Å²) in [5.41, 5.74) is -0.0793. The van der Waals surface area contributed by atoms with Gasteiger partial charge in [0, 0.05) is 12.2 Å². The average molecular weight is 411 g/mol. The SMILES string of the molecule is CCN(C(=O)CN1C(=O)N[C@](C)(c2ccc(OC)c(OC)c2)C1=O)c1ccccc1. The quantitative estimate of drug-likeness (QED) is 0.708. The molecule has 2 aromatic rings. The number of anilines is 1. The number of imide groups is 1. The zero-order valence-electron chi connectivity index (χ0n) is 17.5. The fraction of sp³-hybridized carbons (Fsp3) is 0.318. The van der Waals surface area contributed by atoms with Crippen LogP contribution in [0.3, 0.4) is 0 Å². The van der Waals surface area contributed by atoms with Gasteiger partial charge in [-0.25, -0.2) is 4.79 Å². The molecule has 2 aromatic carbocycles. The zero-order chi connectivity index (χ0) is 21.9. The van der Waals surface area contributed by atoms with Gasteiger partial charge in [-0.3, -0.25) is 14.5 Å². The van der Waals surface area contributed by atoms with Crippen molar-refractivity contribution in [1.82, 2.24) is 10.2 Å². The number of likely N-dealkylation sites (N-methyl/N-ethyl adjacent to an activating group) is 1. The summed E-state index contributed by atoms with van der Waals surface area (Å²) >= 11 is 0. The fourth-order valence-corrected chi connectivity index (χ4v) is 3.51. The Labute approximate surface area is 175 Å². The van der Waals surface area contributed by atoms with E-state index in [1.165, 1.54) is 19.1 Å². The highest BCUT2D eigenvalue weighted by atomic mass is 16.5. The van der Waals surface area contributed by atoms with Crippen molar-refractivity contribution in [2.45, 2.75) is 19.4 Å². The van der Waals surface area contributed by atoms with Crippen LogP contribution in [0.2, 0.25) is 0 Å². The van der Waals surface area contributed by atoms with E-state index in [9.17, 15) is 14.4 Å². The van der Waals surface area contributed by atoms with Gasteiger partial charge in [0.1, 0.15) is 12.1 Å². The molecule has 1 fully saturated rings. The minimum Gasteiger partial charge on any atom is -0.493 e. The Balaban J connectivity index is 1.84. The summed E-state index contributed by atoms with van der Waals surface area (Å²) in [4.78, 5) is 41.1. The highest BCUT2D eigenvalue weighted by Gasteiger charge is 2.50. The first-order valence-corrected chi connectivity index (χ1v) is 9.57. The summed E-state index contributed by atoms with van der Waals surface area (Å²) < 4.78 is 10.5. The molecule has 1 aliphatic heterocycles. The molecule has 8 heteroatoms. The topological polar surface area (TPSA) is 88.2 Å². The predicted octanol–water partition coefficient (Wildman–Crippen LogP) is 2.52. The van der Waals surface area contributed by atoms with Crippen LogP contribution in [0.15, 0.2) is 48.5 Å². The van der Waals surface area contributed by atoms with E-state index in [-0.39, 0.29) is 12.5 Å². The van der Waals surface area contributed by atoms with E-state index < -0.39 is 17.5 Å². The normalized spacial score (nSPS) is 18.2. The van der Waals surface area contributed by atoms with Crippen LogP contribution in [-0.4, -0.2) is 50.1 Å². The number of para-hydroxylation sites is 1. The molecule has 158 valence electrons. The van der Waals surface area contributed by atoms with Crippen molar-refractivity contribution in [3.05, 3.63) is 54.1 Å². The van der Waals surface area contributed by atoms with E-state index in [0.717, 1.165) is 4.90 Å². The fourth-order valence-electron chi connectivity index (χ4n) is 3.51. The molecule has 0 saturated carbocycles. The summed E-state index contributed by atoms with van der Waals surface area (Å²) in [5, 5.41) is 2.71. The van der Waals surface area contributed by atoms with Crippen molar-refractivity contribution in [3.63, 3.8) is 0 Å². The predicted molar refractivity (Wildman–Crippen MR) is 112 cm³/mol. The van der Waals surface area contributed by atoms with Gasteiger partial charge in [-0.15, -0.1) is 0 Å². The number of hydrogen-bond acceptors (Lipinski definition) is 5. The molecule has 0 aliphatic carbocycles. The van der Waals surface area contributed by atoms with E-state index in [0.29, 0.717) is 29.3 Å². The number of methoxy groups -OCH3 is 2. The van der Waals surface area contributed by atoms with E-state index in [4.69, 9.17) is 9.47 Å². The number of rotatable bonds is 7.